The summed E-state index contributed by atoms with van der Waals surface area (Å²) in [7, 11) is 3.17. The van der Waals surface area contributed by atoms with Crippen molar-refractivity contribution in [3.63, 3.8) is 0 Å². The van der Waals surface area contributed by atoms with Crippen LogP contribution in [-0.4, -0.2) is 35.5 Å². The molecule has 0 aliphatic carbocycles. The molecule has 0 amide bonds. The van der Waals surface area contributed by atoms with Gasteiger partial charge in [0.25, 0.3) is 0 Å². The quantitative estimate of drug-likeness (QED) is 0.488. The van der Waals surface area contributed by atoms with Gasteiger partial charge >= 0.3 is 0 Å². The Morgan fingerprint density at radius 1 is 1.23 bits per heavy atom. The third-order valence-electron chi connectivity index (χ3n) is 2.70. The molecule has 0 bridgehead atoms. The summed E-state index contributed by atoms with van der Waals surface area (Å²) in [5.41, 5.74) is 9.26. The molecule has 1 aromatic carbocycles. The summed E-state index contributed by atoms with van der Waals surface area (Å²) in [5, 5.41) is 3.93. The molecule has 0 saturated carbocycles. The zero-order valence-electron chi connectivity index (χ0n) is 12.1. The fourth-order valence-corrected chi connectivity index (χ4v) is 1.75. The third kappa shape index (κ3) is 3.89. The van der Waals surface area contributed by atoms with Gasteiger partial charge in [0.2, 0.25) is 0 Å². The molecule has 22 heavy (non-hydrogen) atoms. The van der Waals surface area contributed by atoms with Gasteiger partial charge in [0.1, 0.15) is 0 Å². The van der Waals surface area contributed by atoms with Gasteiger partial charge in [-0.05, 0) is 30.4 Å². The number of rotatable bonds is 5. The number of nitrogens with zero attached hydrogens (tertiary/aromatic N) is 3. The number of aromatic nitrogens is 2. The highest BCUT2D eigenvalue weighted by Crippen LogP contribution is 2.30. The maximum Gasteiger partial charge on any atom is 0.184 e. The number of nitrogens with one attached hydrogen (secondary N) is 1. The van der Waals surface area contributed by atoms with Gasteiger partial charge in [0.05, 0.1) is 20.4 Å². The molecule has 1 aromatic heterocycles. The van der Waals surface area contributed by atoms with Crippen LogP contribution in [0.2, 0.25) is 0 Å². The Labute approximate surface area is 133 Å². The Bertz CT molecular complexity index is 688. The van der Waals surface area contributed by atoms with Crippen molar-refractivity contribution in [1.82, 2.24) is 15.4 Å². The van der Waals surface area contributed by atoms with Gasteiger partial charge in [-0.3, -0.25) is 5.43 Å². The van der Waals surface area contributed by atoms with Crippen molar-refractivity contribution in [3.05, 3.63) is 36.2 Å². The first-order valence-corrected chi connectivity index (χ1v) is 6.68. The molecule has 0 atom stereocenters. The minimum Gasteiger partial charge on any atom is -0.493 e. The van der Waals surface area contributed by atoms with Crippen LogP contribution in [0.4, 0.5) is 0 Å². The van der Waals surface area contributed by atoms with Crippen molar-refractivity contribution < 1.29 is 9.47 Å². The molecule has 1 heterocycles. The fraction of sp³-hybridized carbons (Fsp3) is 0.143. The molecule has 8 heteroatoms. The van der Waals surface area contributed by atoms with Crippen LogP contribution in [-0.2, 0) is 0 Å². The molecule has 0 spiro atoms. The first-order valence-electron chi connectivity index (χ1n) is 6.27. The second-order valence-electron chi connectivity index (χ2n) is 4.14. The normalized spacial score (nSPS) is 10.5. The SMILES string of the molecule is COc1ccc(-c2ncc(/C=N\NC(N)=S)cn2)cc1OC. The van der Waals surface area contributed by atoms with Crippen LogP contribution in [0.3, 0.4) is 0 Å². The van der Waals surface area contributed by atoms with E-state index in [4.69, 9.17) is 15.2 Å². The minimum absolute atomic E-state index is 0.0964. The van der Waals surface area contributed by atoms with Crippen LogP contribution in [0.1, 0.15) is 5.56 Å². The summed E-state index contributed by atoms with van der Waals surface area (Å²) < 4.78 is 10.5. The van der Waals surface area contributed by atoms with Crippen LogP contribution in [0.15, 0.2) is 35.7 Å². The van der Waals surface area contributed by atoms with Gasteiger partial charge in [-0.25, -0.2) is 9.97 Å². The number of nitrogens with two attached hydrogens (primary N) is 1. The second-order valence-corrected chi connectivity index (χ2v) is 4.58. The summed E-state index contributed by atoms with van der Waals surface area (Å²) in [6.07, 6.45) is 4.81. The van der Waals surface area contributed by atoms with Crippen molar-refractivity contribution in [2.45, 2.75) is 0 Å². The molecule has 2 rings (SSSR count). The van der Waals surface area contributed by atoms with E-state index in [0.717, 1.165) is 5.56 Å². The molecule has 114 valence electrons. The highest BCUT2D eigenvalue weighted by molar-refractivity contribution is 7.80. The molecular weight excluding hydrogens is 302 g/mol. The lowest BCUT2D eigenvalue weighted by molar-refractivity contribution is 0.355. The first kappa shape index (κ1) is 15.6. The Morgan fingerprint density at radius 3 is 2.50 bits per heavy atom. The average molecular weight is 317 g/mol. The number of hydrazone groups is 1. The monoisotopic (exact) mass is 317 g/mol. The Morgan fingerprint density at radius 2 is 1.91 bits per heavy atom. The van der Waals surface area contributed by atoms with Gasteiger partial charge in [0.15, 0.2) is 22.4 Å². The third-order valence-corrected chi connectivity index (χ3v) is 2.79. The maximum absolute atomic E-state index is 5.26. The van der Waals surface area contributed by atoms with Crippen LogP contribution in [0.5, 0.6) is 11.5 Å². The van der Waals surface area contributed by atoms with Crippen LogP contribution in [0, 0.1) is 0 Å². The van der Waals surface area contributed by atoms with E-state index in [1.807, 2.05) is 12.1 Å². The van der Waals surface area contributed by atoms with E-state index in [0.29, 0.717) is 22.9 Å². The molecule has 3 N–H and O–H groups in total. The number of benzene rings is 1. The molecular formula is C14H15N5O2S. The lowest BCUT2D eigenvalue weighted by Crippen LogP contribution is -2.24. The van der Waals surface area contributed by atoms with Gasteiger partial charge in [-0.1, -0.05) is 0 Å². The molecule has 2 aromatic rings. The smallest absolute Gasteiger partial charge is 0.184 e. The lowest BCUT2D eigenvalue weighted by Gasteiger charge is -2.08. The minimum atomic E-state index is 0.0964. The van der Waals surface area contributed by atoms with E-state index in [1.165, 1.54) is 6.21 Å². The van der Waals surface area contributed by atoms with E-state index in [9.17, 15) is 0 Å². The predicted molar refractivity (Wildman–Crippen MR) is 88.1 cm³/mol. The molecule has 0 radical (unpaired) electrons. The van der Waals surface area contributed by atoms with Crippen molar-refractivity contribution in [1.29, 1.82) is 0 Å². The van der Waals surface area contributed by atoms with Crippen molar-refractivity contribution >= 4 is 23.5 Å². The van der Waals surface area contributed by atoms with E-state index >= 15 is 0 Å². The van der Waals surface area contributed by atoms with Crippen molar-refractivity contribution in [2.75, 3.05) is 14.2 Å². The lowest BCUT2D eigenvalue weighted by atomic mass is 10.2. The van der Waals surface area contributed by atoms with Crippen LogP contribution in [0.25, 0.3) is 11.4 Å². The van der Waals surface area contributed by atoms with E-state index in [1.54, 1.807) is 32.7 Å². The standard InChI is InChI=1S/C14H15N5O2S/c1-20-11-4-3-10(5-12(11)21-2)13-16-6-9(7-17-13)8-18-19-14(15)22/h3-8H,1-2H3,(H3,15,19,22)/b18-8-. The molecule has 0 unspecified atom stereocenters. The van der Waals surface area contributed by atoms with Crippen LogP contribution < -0.4 is 20.6 Å². The number of hydrogen-bond acceptors (Lipinski definition) is 6. The number of ether oxygens (including phenoxy) is 2. The highest BCUT2D eigenvalue weighted by Gasteiger charge is 2.07. The molecule has 0 aliphatic heterocycles. The van der Waals surface area contributed by atoms with Crippen molar-refractivity contribution in [3.8, 4) is 22.9 Å². The second kappa shape index (κ2) is 7.32. The van der Waals surface area contributed by atoms with Crippen LogP contribution >= 0.6 is 12.2 Å². The summed E-state index contributed by atoms with van der Waals surface area (Å²) in [6.45, 7) is 0. The van der Waals surface area contributed by atoms with E-state index in [-0.39, 0.29) is 5.11 Å². The molecule has 0 fully saturated rings. The summed E-state index contributed by atoms with van der Waals surface area (Å²) >= 11 is 4.64. The summed E-state index contributed by atoms with van der Waals surface area (Å²) in [6, 6.07) is 5.48. The number of methoxy groups -OCH3 is 2. The molecule has 7 nitrogen and oxygen atoms in total. The van der Waals surface area contributed by atoms with E-state index in [2.05, 4.69) is 32.7 Å². The zero-order valence-corrected chi connectivity index (χ0v) is 12.9. The number of thiocarbonyl (C=S) groups is 1. The number of hydrogen-bond donors (Lipinski definition) is 2. The average Bonchev–Trinajstić information content (AvgIpc) is 2.54. The summed E-state index contributed by atoms with van der Waals surface area (Å²) in [4.78, 5) is 8.57. The largest absolute Gasteiger partial charge is 0.493 e. The van der Waals surface area contributed by atoms with Crippen molar-refractivity contribution in [2.24, 2.45) is 10.8 Å². The van der Waals surface area contributed by atoms with Gasteiger partial charge in [-0.2, -0.15) is 5.10 Å². The van der Waals surface area contributed by atoms with Gasteiger partial charge in [0, 0.05) is 23.5 Å². The predicted octanol–water partition coefficient (Wildman–Crippen LogP) is 1.33. The molecule has 0 saturated heterocycles. The molecule has 0 aliphatic rings. The Hall–Kier alpha value is -2.74. The van der Waals surface area contributed by atoms with E-state index < -0.39 is 0 Å². The Balaban J connectivity index is 2.20. The van der Waals surface area contributed by atoms with Gasteiger partial charge < -0.3 is 15.2 Å². The maximum atomic E-state index is 5.26. The first-order chi connectivity index (χ1) is 10.6. The topological polar surface area (TPSA) is 94.7 Å². The van der Waals surface area contributed by atoms with Gasteiger partial charge in [-0.15, -0.1) is 0 Å². The summed E-state index contributed by atoms with van der Waals surface area (Å²) in [5.74, 6) is 1.84. The zero-order chi connectivity index (χ0) is 15.9. The Kier molecular flexibility index (Phi) is 5.21. The fourth-order valence-electron chi connectivity index (χ4n) is 1.70. The highest BCUT2D eigenvalue weighted by atomic mass is 32.1.